The van der Waals surface area contributed by atoms with Crippen LogP contribution in [0.5, 0.6) is 0 Å². The zero-order chi connectivity index (χ0) is 16.5. The molecule has 4 nitrogen and oxygen atoms in total. The molecule has 1 aromatic carbocycles. The largest absolute Gasteiger partial charge is 0.342 e. The van der Waals surface area contributed by atoms with E-state index in [1.165, 1.54) is 12.1 Å². The molecule has 1 amide bonds. The summed E-state index contributed by atoms with van der Waals surface area (Å²) in [4.78, 5) is 14.4. The van der Waals surface area contributed by atoms with Crippen molar-refractivity contribution in [2.45, 2.75) is 38.1 Å². The van der Waals surface area contributed by atoms with Crippen LogP contribution in [0.2, 0.25) is 0 Å². The van der Waals surface area contributed by atoms with E-state index < -0.39 is 15.3 Å². The Balaban J connectivity index is 2.16. The number of carbonyl (C=O) groups is 1. The number of rotatable bonds is 3. The van der Waals surface area contributed by atoms with Crippen LogP contribution in [0, 0.1) is 5.82 Å². The molecule has 0 aromatic heterocycles. The summed E-state index contributed by atoms with van der Waals surface area (Å²) >= 11 is 0. The van der Waals surface area contributed by atoms with Gasteiger partial charge in [0.2, 0.25) is 5.91 Å². The lowest BCUT2D eigenvalue weighted by Gasteiger charge is -2.36. The molecule has 1 heterocycles. The Labute approximate surface area is 131 Å². The summed E-state index contributed by atoms with van der Waals surface area (Å²) in [5.41, 5.74) is -0.236. The molecule has 0 aliphatic carbocycles. The number of hydrogen-bond acceptors (Lipinski definition) is 3. The third kappa shape index (κ3) is 3.48. The fourth-order valence-corrected chi connectivity index (χ4v) is 4.34. The van der Waals surface area contributed by atoms with Gasteiger partial charge in [-0.25, -0.2) is 12.8 Å². The SMILES string of the molecule is CN(C(=O)C(C)(C)c1cccc(F)c1)C1CCS(=O)(=O)CC1. The Morgan fingerprint density at radius 1 is 1.27 bits per heavy atom. The van der Waals surface area contributed by atoms with Crippen molar-refractivity contribution >= 4 is 15.7 Å². The molecule has 0 saturated carbocycles. The Hall–Kier alpha value is -1.43. The number of carbonyl (C=O) groups excluding carboxylic acids is 1. The van der Waals surface area contributed by atoms with Gasteiger partial charge in [-0.15, -0.1) is 0 Å². The second kappa shape index (κ2) is 5.99. The third-order valence-electron chi connectivity index (χ3n) is 4.47. The number of hydrogen-bond donors (Lipinski definition) is 0. The van der Waals surface area contributed by atoms with Crippen LogP contribution in [0.1, 0.15) is 32.3 Å². The van der Waals surface area contributed by atoms with Gasteiger partial charge < -0.3 is 4.90 Å². The van der Waals surface area contributed by atoms with Crippen LogP contribution in [-0.2, 0) is 20.0 Å². The Bertz CT molecular complexity index is 656. The molecule has 1 saturated heterocycles. The van der Waals surface area contributed by atoms with E-state index in [-0.39, 0.29) is 29.3 Å². The smallest absolute Gasteiger partial charge is 0.232 e. The van der Waals surface area contributed by atoms with E-state index in [1.807, 2.05) is 0 Å². The van der Waals surface area contributed by atoms with E-state index in [2.05, 4.69) is 0 Å². The number of nitrogens with zero attached hydrogens (tertiary/aromatic N) is 1. The van der Waals surface area contributed by atoms with Gasteiger partial charge in [0.1, 0.15) is 15.7 Å². The second-order valence-corrected chi connectivity index (χ2v) is 8.74. The highest BCUT2D eigenvalue weighted by atomic mass is 32.2. The summed E-state index contributed by atoms with van der Waals surface area (Å²) in [6, 6.07) is 5.97. The maximum Gasteiger partial charge on any atom is 0.232 e. The average molecular weight is 327 g/mol. The van der Waals surface area contributed by atoms with Crippen molar-refractivity contribution in [3.63, 3.8) is 0 Å². The molecule has 0 spiro atoms. The predicted molar refractivity (Wildman–Crippen MR) is 83.9 cm³/mol. The third-order valence-corrected chi connectivity index (χ3v) is 6.19. The number of amides is 1. The van der Waals surface area contributed by atoms with E-state index in [0.29, 0.717) is 18.4 Å². The van der Waals surface area contributed by atoms with E-state index >= 15 is 0 Å². The Morgan fingerprint density at radius 2 is 1.86 bits per heavy atom. The summed E-state index contributed by atoms with van der Waals surface area (Å²) in [6.07, 6.45) is 0.924. The van der Waals surface area contributed by atoms with Gasteiger partial charge in [0.05, 0.1) is 16.9 Å². The standard InChI is InChI=1S/C16H22FNO3S/c1-16(2,12-5-4-6-13(17)11-12)15(19)18(3)14-7-9-22(20,21)10-8-14/h4-6,11,14H,7-10H2,1-3H3. The summed E-state index contributed by atoms with van der Waals surface area (Å²) in [6.45, 7) is 3.53. The monoisotopic (exact) mass is 327 g/mol. The van der Waals surface area contributed by atoms with Gasteiger partial charge in [-0.1, -0.05) is 12.1 Å². The zero-order valence-corrected chi connectivity index (χ0v) is 14.0. The minimum atomic E-state index is -2.96. The number of benzene rings is 1. The predicted octanol–water partition coefficient (Wildman–Crippen LogP) is 2.14. The molecule has 0 bridgehead atoms. The van der Waals surface area contributed by atoms with Crippen LogP contribution in [-0.4, -0.2) is 43.8 Å². The van der Waals surface area contributed by atoms with Gasteiger partial charge in [0, 0.05) is 13.1 Å². The topological polar surface area (TPSA) is 54.5 Å². The van der Waals surface area contributed by atoms with Crippen molar-refractivity contribution in [3.05, 3.63) is 35.6 Å². The van der Waals surface area contributed by atoms with Crippen molar-refractivity contribution < 1.29 is 17.6 Å². The summed E-state index contributed by atoms with van der Waals surface area (Å²) in [5.74, 6) is -0.252. The van der Waals surface area contributed by atoms with Crippen LogP contribution in [0.15, 0.2) is 24.3 Å². The average Bonchev–Trinajstić information content (AvgIpc) is 2.45. The highest BCUT2D eigenvalue weighted by Gasteiger charge is 2.37. The molecular formula is C16H22FNO3S. The normalized spacial score (nSPS) is 18.9. The van der Waals surface area contributed by atoms with Crippen molar-refractivity contribution in [2.24, 2.45) is 0 Å². The number of halogens is 1. The lowest BCUT2D eigenvalue weighted by Crippen LogP contribution is -2.48. The van der Waals surface area contributed by atoms with Crippen LogP contribution in [0.25, 0.3) is 0 Å². The number of sulfone groups is 1. The van der Waals surface area contributed by atoms with Crippen LogP contribution < -0.4 is 0 Å². The van der Waals surface area contributed by atoms with E-state index in [0.717, 1.165) is 0 Å². The van der Waals surface area contributed by atoms with Gasteiger partial charge in [-0.05, 0) is 44.4 Å². The molecule has 122 valence electrons. The number of likely N-dealkylation sites (N-methyl/N-ethyl adjacent to an activating group) is 1. The van der Waals surface area contributed by atoms with Crippen molar-refractivity contribution in [3.8, 4) is 0 Å². The molecule has 1 aliphatic heterocycles. The minimum absolute atomic E-state index is 0.0798. The van der Waals surface area contributed by atoms with Gasteiger partial charge in [-0.3, -0.25) is 4.79 Å². The lowest BCUT2D eigenvalue weighted by atomic mass is 9.82. The zero-order valence-electron chi connectivity index (χ0n) is 13.2. The molecular weight excluding hydrogens is 305 g/mol. The molecule has 0 atom stereocenters. The first-order valence-corrected chi connectivity index (χ1v) is 9.19. The molecule has 6 heteroatoms. The molecule has 2 rings (SSSR count). The maximum atomic E-state index is 13.4. The van der Waals surface area contributed by atoms with Crippen molar-refractivity contribution in [1.29, 1.82) is 0 Å². The first-order valence-electron chi connectivity index (χ1n) is 7.37. The van der Waals surface area contributed by atoms with Crippen LogP contribution in [0.3, 0.4) is 0 Å². The van der Waals surface area contributed by atoms with Crippen molar-refractivity contribution in [2.75, 3.05) is 18.6 Å². The fourth-order valence-electron chi connectivity index (χ4n) is 2.87. The molecule has 22 heavy (non-hydrogen) atoms. The van der Waals surface area contributed by atoms with Crippen LogP contribution in [0.4, 0.5) is 4.39 Å². The van der Waals surface area contributed by atoms with Gasteiger partial charge in [0.25, 0.3) is 0 Å². The van der Waals surface area contributed by atoms with Gasteiger partial charge in [0.15, 0.2) is 0 Å². The van der Waals surface area contributed by atoms with Gasteiger partial charge >= 0.3 is 0 Å². The fraction of sp³-hybridized carbons (Fsp3) is 0.562. The van der Waals surface area contributed by atoms with E-state index in [4.69, 9.17) is 0 Å². The highest BCUT2D eigenvalue weighted by Crippen LogP contribution is 2.28. The molecule has 1 fully saturated rings. The Kier molecular flexibility index (Phi) is 4.61. The first-order chi connectivity index (χ1) is 10.1. The van der Waals surface area contributed by atoms with E-state index in [1.54, 1.807) is 37.9 Å². The molecule has 0 radical (unpaired) electrons. The highest BCUT2D eigenvalue weighted by molar-refractivity contribution is 7.91. The first kappa shape index (κ1) is 16.9. The lowest BCUT2D eigenvalue weighted by molar-refractivity contribution is -0.137. The van der Waals surface area contributed by atoms with Crippen LogP contribution >= 0.6 is 0 Å². The quantitative estimate of drug-likeness (QED) is 0.855. The van der Waals surface area contributed by atoms with Crippen molar-refractivity contribution in [1.82, 2.24) is 4.90 Å². The maximum absolute atomic E-state index is 13.4. The minimum Gasteiger partial charge on any atom is -0.342 e. The molecule has 1 aromatic rings. The molecule has 1 aliphatic rings. The second-order valence-electron chi connectivity index (χ2n) is 6.43. The summed E-state index contributed by atoms with van der Waals surface area (Å²) in [7, 11) is -1.26. The molecule has 0 N–H and O–H groups in total. The summed E-state index contributed by atoms with van der Waals surface area (Å²) < 4.78 is 36.4. The van der Waals surface area contributed by atoms with Gasteiger partial charge in [-0.2, -0.15) is 0 Å². The molecule has 0 unspecified atom stereocenters. The van der Waals surface area contributed by atoms with E-state index in [9.17, 15) is 17.6 Å². The Morgan fingerprint density at radius 3 is 2.41 bits per heavy atom. The summed E-state index contributed by atoms with van der Waals surface area (Å²) in [5, 5.41) is 0.